The van der Waals surface area contributed by atoms with E-state index in [4.69, 9.17) is 4.98 Å². The number of nitrogens with zero attached hydrogens (tertiary/aromatic N) is 6. The van der Waals surface area contributed by atoms with Crippen LogP contribution < -0.4 is 5.32 Å². The van der Waals surface area contributed by atoms with Crippen molar-refractivity contribution in [2.75, 3.05) is 5.32 Å². The van der Waals surface area contributed by atoms with Crippen molar-refractivity contribution in [2.24, 2.45) is 0 Å². The van der Waals surface area contributed by atoms with E-state index < -0.39 is 5.82 Å². The first-order chi connectivity index (χ1) is 18.6. The lowest BCUT2D eigenvalue weighted by Gasteiger charge is -2.08. The van der Waals surface area contributed by atoms with Crippen molar-refractivity contribution in [3.8, 4) is 33.9 Å². The summed E-state index contributed by atoms with van der Waals surface area (Å²) in [5.41, 5.74) is 4.58. The van der Waals surface area contributed by atoms with Crippen molar-refractivity contribution in [3.63, 3.8) is 0 Å². The van der Waals surface area contributed by atoms with E-state index in [2.05, 4.69) is 40.4 Å². The molecule has 0 spiro atoms. The van der Waals surface area contributed by atoms with Crippen LogP contribution in [0.1, 0.15) is 26.2 Å². The number of aromatic amines is 2. The van der Waals surface area contributed by atoms with Gasteiger partial charge in [0.25, 0.3) is 0 Å². The molecule has 0 saturated carbocycles. The number of halogens is 1. The molecule has 1 amide bonds. The van der Waals surface area contributed by atoms with Crippen LogP contribution in [0.4, 0.5) is 10.1 Å². The van der Waals surface area contributed by atoms with Gasteiger partial charge >= 0.3 is 0 Å². The number of anilines is 1. The van der Waals surface area contributed by atoms with E-state index in [9.17, 15) is 4.79 Å². The molecule has 188 valence electrons. The number of fused-ring (bicyclic) bond motifs is 2. The van der Waals surface area contributed by atoms with Gasteiger partial charge in [-0.05, 0) is 30.7 Å². The van der Waals surface area contributed by atoms with Crippen LogP contribution in [0.25, 0.3) is 56.0 Å². The van der Waals surface area contributed by atoms with Gasteiger partial charge in [-0.2, -0.15) is 5.10 Å². The topological polar surface area (TPSA) is 138 Å². The van der Waals surface area contributed by atoms with Gasteiger partial charge in [-0.1, -0.05) is 13.3 Å². The standard InChI is InChI=1S/C27H22FN9O/c1-2-3-6-20(38)33-17-10-16(12-30-13-17)18-14-32-26-21(22(18)28)25(36-37-26)27-34-19-7-9-31-23(24(19)35-27)15-5-4-8-29-11-15/h4-5,7-14H,2-3,6H2,1H3,(H,33,38)(H,34,35)(H,32,36,37). The molecule has 38 heavy (non-hydrogen) atoms. The number of nitrogens with one attached hydrogen (secondary N) is 3. The van der Waals surface area contributed by atoms with E-state index in [1.165, 1.54) is 18.6 Å². The molecule has 6 aromatic heterocycles. The predicted molar refractivity (Wildman–Crippen MR) is 141 cm³/mol. The van der Waals surface area contributed by atoms with Crippen LogP contribution in [-0.4, -0.2) is 46.0 Å². The number of carbonyl (C=O) groups is 1. The van der Waals surface area contributed by atoms with Gasteiger partial charge in [-0.3, -0.25) is 24.8 Å². The number of pyridine rings is 4. The summed E-state index contributed by atoms with van der Waals surface area (Å²) in [5, 5.41) is 10.1. The summed E-state index contributed by atoms with van der Waals surface area (Å²) >= 11 is 0. The van der Waals surface area contributed by atoms with Gasteiger partial charge in [0.1, 0.15) is 17.0 Å². The lowest BCUT2D eigenvalue weighted by Crippen LogP contribution is -2.11. The molecule has 0 unspecified atom stereocenters. The fraction of sp³-hybridized carbons (Fsp3) is 0.148. The van der Waals surface area contributed by atoms with E-state index >= 15 is 4.39 Å². The average molecular weight is 508 g/mol. The predicted octanol–water partition coefficient (Wildman–Crippen LogP) is 5.29. The van der Waals surface area contributed by atoms with E-state index in [-0.39, 0.29) is 28.2 Å². The van der Waals surface area contributed by atoms with Gasteiger partial charge < -0.3 is 10.3 Å². The number of carbonyl (C=O) groups excluding carboxylic acids is 1. The van der Waals surface area contributed by atoms with Gasteiger partial charge in [0.15, 0.2) is 11.5 Å². The molecule has 11 heteroatoms. The Morgan fingerprint density at radius 2 is 1.92 bits per heavy atom. The summed E-state index contributed by atoms with van der Waals surface area (Å²) in [6, 6.07) is 7.20. The molecule has 3 N–H and O–H groups in total. The second-order valence-corrected chi connectivity index (χ2v) is 8.78. The monoisotopic (exact) mass is 507 g/mol. The van der Waals surface area contributed by atoms with Crippen molar-refractivity contribution < 1.29 is 9.18 Å². The third kappa shape index (κ3) is 4.23. The zero-order valence-electron chi connectivity index (χ0n) is 20.4. The number of aromatic nitrogens is 8. The van der Waals surface area contributed by atoms with E-state index in [0.717, 1.165) is 23.9 Å². The number of hydrogen-bond acceptors (Lipinski definition) is 7. The molecule has 0 aliphatic rings. The first-order valence-corrected chi connectivity index (χ1v) is 12.2. The second-order valence-electron chi connectivity index (χ2n) is 8.78. The molecule has 6 rings (SSSR count). The Labute approximate surface area is 215 Å². The molecule has 0 radical (unpaired) electrons. The molecule has 0 bridgehead atoms. The van der Waals surface area contributed by atoms with Crippen LogP contribution in [0, 0.1) is 5.82 Å². The number of amides is 1. The quantitative estimate of drug-likeness (QED) is 0.267. The highest BCUT2D eigenvalue weighted by Gasteiger charge is 2.21. The average Bonchev–Trinajstić information content (AvgIpc) is 3.57. The number of unbranched alkanes of at least 4 members (excludes halogenated alkanes) is 1. The lowest BCUT2D eigenvalue weighted by molar-refractivity contribution is -0.116. The van der Waals surface area contributed by atoms with Gasteiger partial charge in [0.05, 0.1) is 28.5 Å². The largest absolute Gasteiger partial charge is 0.336 e. The summed E-state index contributed by atoms with van der Waals surface area (Å²) in [6.45, 7) is 2.02. The Hall–Kier alpha value is -5.06. The van der Waals surface area contributed by atoms with Crippen LogP contribution in [0.2, 0.25) is 0 Å². The van der Waals surface area contributed by atoms with Crippen molar-refractivity contribution >= 4 is 33.7 Å². The minimum atomic E-state index is -0.527. The van der Waals surface area contributed by atoms with Crippen molar-refractivity contribution in [1.82, 2.24) is 40.1 Å². The maximum Gasteiger partial charge on any atom is 0.224 e. The first-order valence-electron chi connectivity index (χ1n) is 12.2. The number of H-pyrrole nitrogens is 2. The van der Waals surface area contributed by atoms with Crippen molar-refractivity contribution in [3.05, 3.63) is 67.3 Å². The normalized spacial score (nSPS) is 11.3. The maximum atomic E-state index is 16.0. The Kier molecular flexibility index (Phi) is 6.00. The van der Waals surface area contributed by atoms with Gasteiger partial charge in [0.2, 0.25) is 5.91 Å². The van der Waals surface area contributed by atoms with Crippen LogP contribution in [0.15, 0.2) is 61.4 Å². The Balaban J connectivity index is 1.41. The number of imidazole rings is 1. The van der Waals surface area contributed by atoms with E-state index in [1.54, 1.807) is 30.7 Å². The fourth-order valence-electron chi connectivity index (χ4n) is 4.31. The van der Waals surface area contributed by atoms with Crippen molar-refractivity contribution in [1.29, 1.82) is 0 Å². The Morgan fingerprint density at radius 1 is 1.03 bits per heavy atom. The molecule has 0 saturated heterocycles. The highest BCUT2D eigenvalue weighted by molar-refractivity contribution is 5.97. The summed E-state index contributed by atoms with van der Waals surface area (Å²) in [5.74, 6) is -0.264. The summed E-state index contributed by atoms with van der Waals surface area (Å²) in [4.78, 5) is 37.3. The zero-order chi connectivity index (χ0) is 26.1. The van der Waals surface area contributed by atoms with E-state index in [0.29, 0.717) is 34.7 Å². The highest BCUT2D eigenvalue weighted by Crippen LogP contribution is 2.34. The zero-order valence-corrected chi connectivity index (χ0v) is 20.4. The summed E-state index contributed by atoms with van der Waals surface area (Å²) < 4.78 is 16.0. The SMILES string of the molecule is CCCCC(=O)Nc1cncc(-c2cnc3[nH]nc(-c4nc5c(-c6cccnc6)nccc5[nH]4)c3c2F)c1. The molecular formula is C27H22FN9O. The summed E-state index contributed by atoms with van der Waals surface area (Å²) in [7, 11) is 0. The Morgan fingerprint density at radius 3 is 2.76 bits per heavy atom. The molecule has 10 nitrogen and oxygen atoms in total. The van der Waals surface area contributed by atoms with Crippen molar-refractivity contribution in [2.45, 2.75) is 26.2 Å². The second kappa shape index (κ2) is 9.77. The third-order valence-corrected chi connectivity index (χ3v) is 6.18. The summed E-state index contributed by atoms with van der Waals surface area (Å²) in [6.07, 6.45) is 11.7. The maximum absolute atomic E-state index is 16.0. The molecule has 0 aliphatic heterocycles. The lowest BCUT2D eigenvalue weighted by atomic mass is 10.1. The molecule has 6 heterocycles. The minimum Gasteiger partial charge on any atom is -0.336 e. The molecular weight excluding hydrogens is 485 g/mol. The minimum absolute atomic E-state index is 0.109. The molecule has 6 aromatic rings. The number of hydrogen-bond donors (Lipinski definition) is 3. The first kappa shape index (κ1) is 23.3. The smallest absolute Gasteiger partial charge is 0.224 e. The molecule has 0 fully saturated rings. The van der Waals surface area contributed by atoms with E-state index in [1.807, 2.05) is 19.1 Å². The fourth-order valence-corrected chi connectivity index (χ4v) is 4.31. The van der Waals surface area contributed by atoms with Crippen LogP contribution in [0.3, 0.4) is 0 Å². The van der Waals surface area contributed by atoms with Gasteiger partial charge in [0, 0.05) is 54.1 Å². The van der Waals surface area contributed by atoms with Crippen LogP contribution in [-0.2, 0) is 4.79 Å². The molecule has 0 aliphatic carbocycles. The van der Waals surface area contributed by atoms with Gasteiger partial charge in [-0.25, -0.2) is 14.4 Å². The van der Waals surface area contributed by atoms with Gasteiger partial charge in [-0.15, -0.1) is 0 Å². The highest BCUT2D eigenvalue weighted by atomic mass is 19.1. The Bertz CT molecular complexity index is 1780. The third-order valence-electron chi connectivity index (χ3n) is 6.18. The molecule has 0 aromatic carbocycles. The van der Waals surface area contributed by atoms with Crippen LogP contribution >= 0.6 is 0 Å². The molecule has 0 atom stereocenters. The van der Waals surface area contributed by atoms with Crippen LogP contribution in [0.5, 0.6) is 0 Å². The number of rotatable bonds is 7.